The van der Waals surface area contributed by atoms with E-state index < -0.39 is 0 Å². The molecule has 5 heteroatoms. The summed E-state index contributed by atoms with van der Waals surface area (Å²) in [6, 6.07) is 1.17. The maximum atomic E-state index is 4.06. The average molecular weight is 212 g/mol. The molecule has 1 aliphatic rings. The highest BCUT2D eigenvalue weighted by molar-refractivity contribution is 7.15. The molecular weight excluding hydrogens is 196 g/mol. The summed E-state index contributed by atoms with van der Waals surface area (Å²) in [5, 5.41) is 16.9. The highest BCUT2D eigenvalue weighted by atomic mass is 32.1. The molecule has 0 saturated carbocycles. The van der Waals surface area contributed by atoms with Gasteiger partial charge in [-0.1, -0.05) is 11.3 Å². The molecule has 2 rings (SSSR count). The third-order valence-electron chi connectivity index (χ3n) is 2.51. The second-order valence-corrected chi connectivity index (χ2v) is 5.04. The lowest BCUT2D eigenvalue weighted by atomic mass is 10.0. The van der Waals surface area contributed by atoms with E-state index in [1.54, 1.807) is 11.3 Å². The van der Waals surface area contributed by atoms with Gasteiger partial charge in [0.2, 0.25) is 5.13 Å². The summed E-state index contributed by atoms with van der Waals surface area (Å²) in [7, 11) is 0. The van der Waals surface area contributed by atoms with E-state index in [9.17, 15) is 0 Å². The molecule has 1 fully saturated rings. The Labute approximate surface area is 88.1 Å². The minimum absolute atomic E-state index is 0.513. The predicted molar refractivity (Wildman–Crippen MR) is 58.8 cm³/mol. The average Bonchev–Trinajstić information content (AvgIpc) is 2.56. The summed E-state index contributed by atoms with van der Waals surface area (Å²) in [5.74, 6) is 0. The van der Waals surface area contributed by atoms with Crippen LogP contribution in [0, 0.1) is 6.92 Å². The second-order valence-electron chi connectivity index (χ2n) is 3.85. The second kappa shape index (κ2) is 4.23. The Hall–Kier alpha value is -0.680. The molecule has 0 bridgehead atoms. The third-order valence-corrected chi connectivity index (χ3v) is 3.28. The van der Waals surface area contributed by atoms with Crippen LogP contribution in [0.25, 0.3) is 0 Å². The van der Waals surface area contributed by atoms with Crippen molar-refractivity contribution in [1.29, 1.82) is 0 Å². The molecule has 0 aliphatic carbocycles. The summed E-state index contributed by atoms with van der Waals surface area (Å²) >= 11 is 1.62. The zero-order chi connectivity index (χ0) is 9.97. The lowest BCUT2D eigenvalue weighted by Gasteiger charge is -2.27. The van der Waals surface area contributed by atoms with Crippen molar-refractivity contribution in [3.05, 3.63) is 5.01 Å². The van der Waals surface area contributed by atoms with Gasteiger partial charge >= 0.3 is 0 Å². The fourth-order valence-electron chi connectivity index (χ4n) is 1.65. The van der Waals surface area contributed by atoms with E-state index in [2.05, 4.69) is 27.8 Å². The fourth-order valence-corrected chi connectivity index (χ4v) is 2.32. The minimum atomic E-state index is 0.513. The van der Waals surface area contributed by atoms with Crippen molar-refractivity contribution < 1.29 is 0 Å². The van der Waals surface area contributed by atoms with Crippen molar-refractivity contribution in [3.63, 3.8) is 0 Å². The van der Waals surface area contributed by atoms with Crippen molar-refractivity contribution in [1.82, 2.24) is 15.5 Å². The first kappa shape index (κ1) is 9.86. The number of nitrogens with zero attached hydrogens (tertiary/aromatic N) is 2. The summed E-state index contributed by atoms with van der Waals surface area (Å²) in [5.41, 5.74) is 0. The summed E-state index contributed by atoms with van der Waals surface area (Å²) in [4.78, 5) is 0. The maximum absolute atomic E-state index is 4.06. The van der Waals surface area contributed by atoms with Crippen molar-refractivity contribution in [2.45, 2.75) is 38.8 Å². The molecule has 1 aromatic heterocycles. The largest absolute Gasteiger partial charge is 0.356 e. The first-order chi connectivity index (χ1) is 6.74. The molecular formula is C9H16N4S. The van der Waals surface area contributed by atoms with Gasteiger partial charge in [-0.25, -0.2) is 0 Å². The summed E-state index contributed by atoms with van der Waals surface area (Å²) in [6.45, 7) is 5.23. The summed E-state index contributed by atoms with van der Waals surface area (Å²) < 4.78 is 0. The van der Waals surface area contributed by atoms with Gasteiger partial charge in [-0.15, -0.1) is 10.2 Å². The van der Waals surface area contributed by atoms with Crippen LogP contribution in [-0.2, 0) is 0 Å². The highest BCUT2D eigenvalue weighted by Crippen LogP contribution is 2.17. The van der Waals surface area contributed by atoms with Crippen molar-refractivity contribution in [3.8, 4) is 0 Å². The first-order valence-corrected chi connectivity index (χ1v) is 5.85. The van der Waals surface area contributed by atoms with Gasteiger partial charge in [-0.05, 0) is 26.7 Å². The number of nitrogens with one attached hydrogen (secondary N) is 2. The zero-order valence-electron chi connectivity index (χ0n) is 8.58. The van der Waals surface area contributed by atoms with Crippen LogP contribution in [0.15, 0.2) is 0 Å². The van der Waals surface area contributed by atoms with E-state index >= 15 is 0 Å². The third kappa shape index (κ3) is 2.42. The monoisotopic (exact) mass is 212 g/mol. The summed E-state index contributed by atoms with van der Waals surface area (Å²) in [6.07, 6.45) is 2.45. The number of aryl methyl sites for hydroxylation is 1. The zero-order valence-corrected chi connectivity index (χ0v) is 9.40. The molecule has 2 heterocycles. The molecule has 0 radical (unpaired) electrons. The Morgan fingerprint density at radius 3 is 2.86 bits per heavy atom. The molecule has 1 aliphatic heterocycles. The Bertz CT molecular complexity index is 291. The molecule has 2 unspecified atom stereocenters. The van der Waals surface area contributed by atoms with Crippen LogP contribution in [0.2, 0.25) is 0 Å². The van der Waals surface area contributed by atoms with Gasteiger partial charge in [-0.3, -0.25) is 0 Å². The standard InChI is InChI=1S/C9H16N4S/c1-6-3-4-8(5-10-6)11-9-13-12-7(2)14-9/h6,8,10H,3-5H2,1-2H3,(H,11,13). The molecule has 78 valence electrons. The molecule has 14 heavy (non-hydrogen) atoms. The van der Waals surface area contributed by atoms with Gasteiger partial charge in [-0.2, -0.15) is 0 Å². The first-order valence-electron chi connectivity index (χ1n) is 5.04. The highest BCUT2D eigenvalue weighted by Gasteiger charge is 2.17. The van der Waals surface area contributed by atoms with Crippen molar-refractivity contribution in [2.75, 3.05) is 11.9 Å². The normalized spacial score (nSPS) is 27.6. The Balaban J connectivity index is 1.86. The van der Waals surface area contributed by atoms with Gasteiger partial charge in [0, 0.05) is 18.6 Å². The number of hydrogen-bond acceptors (Lipinski definition) is 5. The van der Waals surface area contributed by atoms with Gasteiger partial charge in [0.25, 0.3) is 0 Å². The van der Waals surface area contributed by atoms with E-state index in [1.165, 1.54) is 12.8 Å². The molecule has 2 atom stereocenters. The van der Waals surface area contributed by atoms with Crippen LogP contribution in [-0.4, -0.2) is 28.8 Å². The number of piperidine rings is 1. The van der Waals surface area contributed by atoms with E-state index in [0.29, 0.717) is 12.1 Å². The molecule has 1 aromatic rings. The van der Waals surface area contributed by atoms with Crippen LogP contribution in [0.3, 0.4) is 0 Å². The van der Waals surface area contributed by atoms with Crippen LogP contribution >= 0.6 is 11.3 Å². The van der Waals surface area contributed by atoms with Crippen molar-refractivity contribution >= 4 is 16.5 Å². The van der Waals surface area contributed by atoms with Crippen molar-refractivity contribution in [2.24, 2.45) is 0 Å². The van der Waals surface area contributed by atoms with Crippen LogP contribution < -0.4 is 10.6 Å². The van der Waals surface area contributed by atoms with Gasteiger partial charge in [0.1, 0.15) is 5.01 Å². The SMILES string of the molecule is Cc1nnc(NC2CCC(C)NC2)s1. The maximum Gasteiger partial charge on any atom is 0.205 e. The lowest BCUT2D eigenvalue weighted by Crippen LogP contribution is -2.43. The molecule has 0 amide bonds. The van der Waals surface area contributed by atoms with E-state index in [1.807, 2.05) is 6.92 Å². The quantitative estimate of drug-likeness (QED) is 0.778. The Morgan fingerprint density at radius 1 is 1.43 bits per heavy atom. The Kier molecular flexibility index (Phi) is 2.98. The van der Waals surface area contributed by atoms with Gasteiger partial charge < -0.3 is 10.6 Å². The molecule has 2 N–H and O–H groups in total. The number of aromatic nitrogens is 2. The van der Waals surface area contributed by atoms with Crippen LogP contribution in [0.4, 0.5) is 5.13 Å². The number of hydrogen-bond donors (Lipinski definition) is 2. The number of anilines is 1. The fraction of sp³-hybridized carbons (Fsp3) is 0.778. The molecule has 4 nitrogen and oxygen atoms in total. The van der Waals surface area contributed by atoms with E-state index in [-0.39, 0.29) is 0 Å². The van der Waals surface area contributed by atoms with Gasteiger partial charge in [0.05, 0.1) is 0 Å². The minimum Gasteiger partial charge on any atom is -0.356 e. The Morgan fingerprint density at radius 2 is 2.29 bits per heavy atom. The van der Waals surface area contributed by atoms with E-state index in [0.717, 1.165) is 16.7 Å². The van der Waals surface area contributed by atoms with E-state index in [4.69, 9.17) is 0 Å². The van der Waals surface area contributed by atoms with Crippen LogP contribution in [0.5, 0.6) is 0 Å². The number of rotatable bonds is 2. The molecule has 1 saturated heterocycles. The molecule has 0 spiro atoms. The molecule has 0 aromatic carbocycles. The predicted octanol–water partition coefficient (Wildman–Crippen LogP) is 1.40. The topological polar surface area (TPSA) is 49.8 Å². The van der Waals surface area contributed by atoms with Crippen LogP contribution in [0.1, 0.15) is 24.8 Å². The van der Waals surface area contributed by atoms with Gasteiger partial charge in [0.15, 0.2) is 0 Å². The lowest BCUT2D eigenvalue weighted by molar-refractivity contribution is 0.398. The smallest absolute Gasteiger partial charge is 0.205 e.